The highest BCUT2D eigenvalue weighted by atomic mass is 32.1. The predicted molar refractivity (Wildman–Crippen MR) is 91.0 cm³/mol. The smallest absolute Gasteiger partial charge is 0.312 e. The van der Waals surface area contributed by atoms with Gasteiger partial charge in [0.2, 0.25) is 5.91 Å². The summed E-state index contributed by atoms with van der Waals surface area (Å²) < 4.78 is 1.51. The lowest BCUT2D eigenvalue weighted by molar-refractivity contribution is -0.386. The number of amides is 1. The van der Waals surface area contributed by atoms with Crippen LogP contribution < -0.4 is 5.32 Å². The minimum Gasteiger partial charge on any atom is -0.348 e. The summed E-state index contributed by atoms with van der Waals surface area (Å²) >= 11 is 1.58. The summed E-state index contributed by atoms with van der Waals surface area (Å²) in [5.74, 6) is -0.135. The third kappa shape index (κ3) is 3.97. The number of hydrogen-bond donors (Lipinski definition) is 1. The van der Waals surface area contributed by atoms with Crippen molar-refractivity contribution in [2.24, 2.45) is 0 Å². The molecule has 8 nitrogen and oxygen atoms in total. The molecule has 1 atom stereocenters. The Hall–Kier alpha value is -2.29. The molecule has 1 amide bonds. The van der Waals surface area contributed by atoms with E-state index in [4.69, 9.17) is 0 Å². The first-order valence-corrected chi connectivity index (χ1v) is 8.63. The van der Waals surface area contributed by atoms with Crippen molar-refractivity contribution >= 4 is 22.9 Å². The topological polar surface area (TPSA) is 103 Å². The predicted octanol–water partition coefficient (Wildman–Crippen LogP) is 2.69. The lowest BCUT2D eigenvalue weighted by Crippen LogP contribution is -2.28. The highest BCUT2D eigenvalue weighted by Gasteiger charge is 2.22. The van der Waals surface area contributed by atoms with Crippen molar-refractivity contribution in [1.29, 1.82) is 0 Å². The van der Waals surface area contributed by atoms with E-state index in [9.17, 15) is 14.9 Å². The third-order valence-electron chi connectivity index (χ3n) is 3.77. The summed E-state index contributed by atoms with van der Waals surface area (Å²) in [6.07, 6.45) is 1.08. The molecule has 2 heterocycles. The summed E-state index contributed by atoms with van der Waals surface area (Å²) in [7, 11) is 0. The first-order valence-electron chi connectivity index (χ1n) is 7.75. The Kier molecular flexibility index (Phi) is 5.66. The molecule has 0 aliphatic heterocycles. The molecule has 0 saturated heterocycles. The van der Waals surface area contributed by atoms with Crippen LogP contribution in [0.2, 0.25) is 0 Å². The molecule has 0 aromatic carbocycles. The van der Waals surface area contributed by atoms with E-state index in [1.165, 1.54) is 4.68 Å². The van der Waals surface area contributed by atoms with Crippen molar-refractivity contribution in [3.05, 3.63) is 37.6 Å². The summed E-state index contributed by atoms with van der Waals surface area (Å²) in [6, 6.07) is -0.163. The first-order chi connectivity index (χ1) is 11.3. The van der Waals surface area contributed by atoms with Gasteiger partial charge in [0.05, 0.1) is 28.2 Å². The fraction of sp³-hybridized carbons (Fsp3) is 0.533. The number of thiazole rings is 1. The van der Waals surface area contributed by atoms with Gasteiger partial charge >= 0.3 is 5.69 Å². The molecular weight excluding hydrogens is 330 g/mol. The molecule has 9 heteroatoms. The maximum atomic E-state index is 12.1. The fourth-order valence-electron chi connectivity index (χ4n) is 2.45. The van der Waals surface area contributed by atoms with E-state index in [1.54, 1.807) is 25.2 Å². The molecule has 0 fully saturated rings. The van der Waals surface area contributed by atoms with Crippen LogP contribution in [0.4, 0.5) is 5.69 Å². The molecule has 0 bridgehead atoms. The van der Waals surface area contributed by atoms with Gasteiger partial charge in [-0.3, -0.25) is 19.6 Å². The molecule has 1 N–H and O–H groups in total. The highest BCUT2D eigenvalue weighted by molar-refractivity contribution is 7.09. The van der Waals surface area contributed by atoms with E-state index >= 15 is 0 Å². The van der Waals surface area contributed by atoms with Gasteiger partial charge in [-0.05, 0) is 27.2 Å². The van der Waals surface area contributed by atoms with Gasteiger partial charge in [-0.1, -0.05) is 6.92 Å². The van der Waals surface area contributed by atoms with Gasteiger partial charge in [-0.2, -0.15) is 5.10 Å². The van der Waals surface area contributed by atoms with Gasteiger partial charge in [-0.15, -0.1) is 11.3 Å². The molecule has 0 unspecified atom stereocenters. The monoisotopic (exact) mass is 351 g/mol. The number of hydrogen-bond acceptors (Lipinski definition) is 6. The van der Waals surface area contributed by atoms with Crippen LogP contribution in [-0.4, -0.2) is 25.6 Å². The minimum atomic E-state index is -0.441. The number of rotatable bonds is 7. The van der Waals surface area contributed by atoms with Gasteiger partial charge in [0.15, 0.2) is 0 Å². The third-order valence-corrected chi connectivity index (χ3v) is 4.78. The van der Waals surface area contributed by atoms with E-state index in [-0.39, 0.29) is 24.1 Å². The van der Waals surface area contributed by atoms with Crippen molar-refractivity contribution in [3.8, 4) is 0 Å². The van der Waals surface area contributed by atoms with E-state index in [0.29, 0.717) is 17.9 Å². The number of aryl methyl sites for hydroxylation is 3. The van der Waals surface area contributed by atoms with E-state index in [2.05, 4.69) is 15.4 Å². The molecule has 0 spiro atoms. The van der Waals surface area contributed by atoms with E-state index < -0.39 is 4.92 Å². The van der Waals surface area contributed by atoms with Crippen LogP contribution in [-0.2, 0) is 17.8 Å². The van der Waals surface area contributed by atoms with Crippen molar-refractivity contribution in [3.63, 3.8) is 0 Å². The largest absolute Gasteiger partial charge is 0.348 e. The zero-order valence-corrected chi connectivity index (χ0v) is 15.0. The summed E-state index contributed by atoms with van der Waals surface area (Å²) in [4.78, 5) is 27.1. The lowest BCUT2D eigenvalue weighted by atomic mass is 10.2. The second-order valence-electron chi connectivity index (χ2n) is 5.56. The molecule has 0 saturated carbocycles. The highest BCUT2D eigenvalue weighted by Crippen LogP contribution is 2.22. The average molecular weight is 351 g/mol. The Labute approximate surface area is 144 Å². The van der Waals surface area contributed by atoms with Gasteiger partial charge in [0, 0.05) is 11.8 Å². The number of nitrogens with zero attached hydrogens (tertiary/aromatic N) is 4. The molecule has 130 valence electrons. The normalized spacial score (nSPS) is 12.2. The second-order valence-corrected chi connectivity index (χ2v) is 6.50. The molecule has 2 rings (SSSR count). The van der Waals surface area contributed by atoms with Crippen LogP contribution in [0.1, 0.15) is 48.4 Å². The summed E-state index contributed by atoms with van der Waals surface area (Å²) in [5, 5.41) is 21.0. The van der Waals surface area contributed by atoms with Gasteiger partial charge in [-0.25, -0.2) is 4.98 Å². The number of nitro groups is 1. The quantitative estimate of drug-likeness (QED) is 0.610. The first kappa shape index (κ1) is 18.1. The Bertz CT molecular complexity index is 752. The Balaban J connectivity index is 1.94. The fourth-order valence-corrected chi connectivity index (χ4v) is 3.29. The Morgan fingerprint density at radius 1 is 1.50 bits per heavy atom. The minimum absolute atomic E-state index is 0.0124. The van der Waals surface area contributed by atoms with Crippen molar-refractivity contribution < 1.29 is 9.72 Å². The van der Waals surface area contributed by atoms with Gasteiger partial charge < -0.3 is 5.32 Å². The molecule has 2 aromatic heterocycles. The van der Waals surface area contributed by atoms with Crippen LogP contribution in [0, 0.1) is 24.0 Å². The number of carbonyl (C=O) groups is 1. The Morgan fingerprint density at radius 2 is 2.21 bits per heavy atom. The Morgan fingerprint density at radius 3 is 2.75 bits per heavy atom. The summed E-state index contributed by atoms with van der Waals surface area (Å²) in [6.45, 7) is 7.47. The lowest BCUT2D eigenvalue weighted by Gasteiger charge is -2.12. The SMILES string of the molecule is CCc1nc([C@H](C)NC(=O)CCn2nc(C)c([N+](=O)[O-])c2C)cs1. The molecular formula is C15H21N5O3S. The maximum absolute atomic E-state index is 12.1. The molecule has 0 aliphatic carbocycles. The van der Waals surface area contributed by atoms with E-state index in [1.807, 2.05) is 19.2 Å². The van der Waals surface area contributed by atoms with Crippen molar-refractivity contribution in [2.75, 3.05) is 0 Å². The van der Waals surface area contributed by atoms with Crippen LogP contribution in [0.15, 0.2) is 5.38 Å². The zero-order valence-electron chi connectivity index (χ0n) is 14.2. The van der Waals surface area contributed by atoms with E-state index in [0.717, 1.165) is 17.1 Å². The summed E-state index contributed by atoms with van der Waals surface area (Å²) in [5.41, 5.74) is 1.69. The van der Waals surface area contributed by atoms with Crippen LogP contribution in [0.3, 0.4) is 0 Å². The van der Waals surface area contributed by atoms with Gasteiger partial charge in [0.1, 0.15) is 11.4 Å². The number of nitrogens with one attached hydrogen (secondary N) is 1. The molecule has 0 aliphatic rings. The second kappa shape index (κ2) is 7.52. The van der Waals surface area contributed by atoms with Crippen LogP contribution in [0.5, 0.6) is 0 Å². The maximum Gasteiger partial charge on any atom is 0.312 e. The van der Waals surface area contributed by atoms with Crippen LogP contribution in [0.25, 0.3) is 0 Å². The van der Waals surface area contributed by atoms with Gasteiger partial charge in [0.25, 0.3) is 0 Å². The molecule has 0 radical (unpaired) electrons. The number of carbonyl (C=O) groups excluding carboxylic acids is 1. The van der Waals surface area contributed by atoms with Crippen molar-refractivity contribution in [2.45, 2.75) is 53.1 Å². The number of aromatic nitrogens is 3. The van der Waals surface area contributed by atoms with Crippen molar-refractivity contribution in [1.82, 2.24) is 20.1 Å². The molecule has 2 aromatic rings. The zero-order chi connectivity index (χ0) is 17.9. The standard InChI is InChI=1S/C15H21N5O3S/c1-5-14-17-12(8-24-14)9(2)16-13(21)6-7-19-11(4)15(20(22)23)10(3)18-19/h8-9H,5-7H2,1-4H3,(H,16,21)/t9-/m0/s1. The van der Waals surface area contributed by atoms with Crippen LogP contribution >= 0.6 is 11.3 Å². The molecule has 24 heavy (non-hydrogen) atoms. The average Bonchev–Trinajstić information content (AvgIpc) is 3.09.